The van der Waals surface area contributed by atoms with Crippen LogP contribution < -0.4 is 10.6 Å². The zero-order chi connectivity index (χ0) is 12.1. The van der Waals surface area contributed by atoms with Gasteiger partial charge in [0.2, 0.25) is 5.91 Å². The number of carbonyl (C=O) groups is 1. The summed E-state index contributed by atoms with van der Waals surface area (Å²) in [4.78, 5) is 14.0. The fourth-order valence-corrected chi connectivity index (χ4v) is 2.37. The topological polar surface area (TPSA) is 44.4 Å². The smallest absolute Gasteiger partial charge is 0.234 e. The van der Waals surface area contributed by atoms with E-state index in [0.717, 1.165) is 32.1 Å². The molecule has 0 radical (unpaired) electrons. The number of hydrogen-bond acceptors (Lipinski definition) is 3. The summed E-state index contributed by atoms with van der Waals surface area (Å²) in [5, 5.41) is 6.51. The van der Waals surface area contributed by atoms with Gasteiger partial charge in [0.05, 0.1) is 6.54 Å². The predicted molar refractivity (Wildman–Crippen MR) is 68.9 cm³/mol. The Morgan fingerprint density at radius 2 is 2.24 bits per heavy atom. The van der Waals surface area contributed by atoms with E-state index in [0.29, 0.717) is 12.6 Å². The number of amides is 1. The molecule has 4 nitrogen and oxygen atoms in total. The van der Waals surface area contributed by atoms with Gasteiger partial charge in [0.15, 0.2) is 0 Å². The molecule has 0 aromatic heterocycles. The van der Waals surface area contributed by atoms with Crippen LogP contribution in [0, 0.1) is 5.92 Å². The normalized spacial score (nSPS) is 24.2. The maximum absolute atomic E-state index is 11.7. The Hall–Kier alpha value is -0.610. The second-order valence-corrected chi connectivity index (χ2v) is 5.37. The van der Waals surface area contributed by atoms with Crippen molar-refractivity contribution in [1.29, 1.82) is 0 Å². The summed E-state index contributed by atoms with van der Waals surface area (Å²) in [6.45, 7) is 6.67. The van der Waals surface area contributed by atoms with Crippen LogP contribution in [-0.2, 0) is 4.79 Å². The number of nitrogens with zero attached hydrogens (tertiary/aromatic N) is 1. The first-order chi connectivity index (χ1) is 8.28. The van der Waals surface area contributed by atoms with Gasteiger partial charge in [0.25, 0.3) is 0 Å². The summed E-state index contributed by atoms with van der Waals surface area (Å²) in [6, 6.07) is 0.589. The van der Waals surface area contributed by atoms with Crippen LogP contribution in [0.4, 0.5) is 0 Å². The van der Waals surface area contributed by atoms with Gasteiger partial charge in [0, 0.05) is 19.1 Å². The quantitative estimate of drug-likeness (QED) is 0.683. The van der Waals surface area contributed by atoms with E-state index in [1.54, 1.807) is 0 Å². The van der Waals surface area contributed by atoms with Crippen LogP contribution in [0.1, 0.15) is 32.6 Å². The van der Waals surface area contributed by atoms with Gasteiger partial charge in [-0.1, -0.05) is 6.92 Å². The van der Waals surface area contributed by atoms with E-state index in [2.05, 4.69) is 22.5 Å². The summed E-state index contributed by atoms with van der Waals surface area (Å²) in [7, 11) is 0. The van der Waals surface area contributed by atoms with Crippen molar-refractivity contribution in [3.8, 4) is 0 Å². The average molecular weight is 239 g/mol. The lowest BCUT2D eigenvalue weighted by molar-refractivity contribution is -0.122. The van der Waals surface area contributed by atoms with Crippen LogP contribution in [0.5, 0.6) is 0 Å². The lowest BCUT2D eigenvalue weighted by Gasteiger charge is -2.23. The molecule has 1 aliphatic heterocycles. The third-order valence-corrected chi connectivity index (χ3v) is 3.74. The van der Waals surface area contributed by atoms with Crippen LogP contribution in [0.2, 0.25) is 0 Å². The molecule has 1 amide bonds. The number of likely N-dealkylation sites (N-methyl/N-ethyl adjacent to an activating group) is 1. The van der Waals surface area contributed by atoms with Crippen molar-refractivity contribution in [2.75, 3.05) is 32.7 Å². The second kappa shape index (κ2) is 6.36. The van der Waals surface area contributed by atoms with Crippen LogP contribution in [0.25, 0.3) is 0 Å². The van der Waals surface area contributed by atoms with E-state index in [4.69, 9.17) is 0 Å². The molecular formula is C13H25N3O. The molecule has 1 saturated carbocycles. The number of nitrogens with one attached hydrogen (secondary N) is 2. The van der Waals surface area contributed by atoms with Gasteiger partial charge in [-0.25, -0.2) is 0 Å². The maximum Gasteiger partial charge on any atom is 0.234 e. The van der Waals surface area contributed by atoms with Crippen molar-refractivity contribution in [1.82, 2.24) is 15.5 Å². The molecule has 2 N–H and O–H groups in total. The molecule has 98 valence electrons. The second-order valence-electron chi connectivity index (χ2n) is 5.37. The minimum atomic E-state index is 0.191. The molecule has 0 bridgehead atoms. The van der Waals surface area contributed by atoms with E-state index < -0.39 is 0 Å². The number of rotatable bonds is 7. The zero-order valence-electron chi connectivity index (χ0n) is 10.9. The van der Waals surface area contributed by atoms with Crippen molar-refractivity contribution >= 4 is 5.91 Å². The van der Waals surface area contributed by atoms with Crippen LogP contribution in [0.15, 0.2) is 0 Å². The van der Waals surface area contributed by atoms with Crippen molar-refractivity contribution in [2.24, 2.45) is 5.92 Å². The summed E-state index contributed by atoms with van der Waals surface area (Å²) >= 11 is 0. The Kier molecular flexibility index (Phi) is 4.80. The van der Waals surface area contributed by atoms with Crippen LogP contribution in [-0.4, -0.2) is 49.6 Å². The SMILES string of the molecule is CCN(CC(=O)NCC1CC1)CC1CCCN1. The van der Waals surface area contributed by atoms with Gasteiger partial charge >= 0.3 is 0 Å². The monoisotopic (exact) mass is 239 g/mol. The van der Waals surface area contributed by atoms with Gasteiger partial charge in [-0.3, -0.25) is 9.69 Å². The molecule has 2 rings (SSSR count). The average Bonchev–Trinajstić information content (AvgIpc) is 3.02. The zero-order valence-corrected chi connectivity index (χ0v) is 10.9. The number of carbonyl (C=O) groups excluding carboxylic acids is 1. The Labute approximate surface area is 104 Å². The third-order valence-electron chi connectivity index (χ3n) is 3.74. The molecule has 1 unspecified atom stereocenters. The first kappa shape index (κ1) is 12.8. The molecule has 1 saturated heterocycles. The first-order valence-electron chi connectivity index (χ1n) is 7.00. The highest BCUT2D eigenvalue weighted by molar-refractivity contribution is 5.78. The van der Waals surface area contributed by atoms with Gasteiger partial charge in [-0.2, -0.15) is 0 Å². The molecule has 4 heteroatoms. The highest BCUT2D eigenvalue weighted by atomic mass is 16.2. The van der Waals surface area contributed by atoms with Gasteiger partial charge < -0.3 is 10.6 Å². The Morgan fingerprint density at radius 1 is 1.41 bits per heavy atom. The van der Waals surface area contributed by atoms with E-state index >= 15 is 0 Å². The Morgan fingerprint density at radius 3 is 2.82 bits per heavy atom. The summed E-state index contributed by atoms with van der Waals surface area (Å²) in [5.41, 5.74) is 0. The standard InChI is InChI=1S/C13H25N3O/c1-2-16(9-12-4-3-7-14-12)10-13(17)15-8-11-5-6-11/h11-12,14H,2-10H2,1H3,(H,15,17). The molecule has 2 fully saturated rings. The van der Waals surface area contributed by atoms with Gasteiger partial charge in [0.1, 0.15) is 0 Å². The first-order valence-corrected chi connectivity index (χ1v) is 7.00. The van der Waals surface area contributed by atoms with Crippen molar-refractivity contribution in [3.05, 3.63) is 0 Å². The Bertz CT molecular complexity index is 247. The van der Waals surface area contributed by atoms with Crippen LogP contribution in [0.3, 0.4) is 0 Å². The van der Waals surface area contributed by atoms with Crippen LogP contribution >= 0.6 is 0 Å². The molecule has 1 atom stereocenters. The maximum atomic E-state index is 11.7. The molecule has 1 aliphatic carbocycles. The van der Waals surface area contributed by atoms with E-state index in [9.17, 15) is 4.79 Å². The molecule has 2 aliphatic rings. The van der Waals surface area contributed by atoms with Crippen molar-refractivity contribution < 1.29 is 4.79 Å². The molecule has 17 heavy (non-hydrogen) atoms. The molecule has 0 spiro atoms. The largest absolute Gasteiger partial charge is 0.355 e. The Balaban J connectivity index is 1.63. The predicted octanol–water partition coefficient (Wildman–Crippen LogP) is 0.587. The minimum absolute atomic E-state index is 0.191. The fourth-order valence-electron chi connectivity index (χ4n) is 2.37. The fraction of sp³-hybridized carbons (Fsp3) is 0.923. The molecule has 1 heterocycles. The summed E-state index contributed by atoms with van der Waals surface area (Å²) in [6.07, 6.45) is 5.11. The van der Waals surface area contributed by atoms with Gasteiger partial charge in [-0.15, -0.1) is 0 Å². The van der Waals surface area contributed by atoms with E-state index in [1.165, 1.54) is 25.7 Å². The van der Waals surface area contributed by atoms with Crippen molar-refractivity contribution in [2.45, 2.75) is 38.6 Å². The lowest BCUT2D eigenvalue weighted by atomic mass is 10.2. The van der Waals surface area contributed by atoms with Gasteiger partial charge in [-0.05, 0) is 44.7 Å². The van der Waals surface area contributed by atoms with E-state index in [1.807, 2.05) is 0 Å². The van der Waals surface area contributed by atoms with E-state index in [-0.39, 0.29) is 5.91 Å². The highest BCUT2D eigenvalue weighted by Crippen LogP contribution is 2.27. The molecule has 0 aromatic rings. The minimum Gasteiger partial charge on any atom is -0.355 e. The third kappa shape index (κ3) is 4.64. The number of hydrogen-bond donors (Lipinski definition) is 2. The summed E-state index contributed by atoms with van der Waals surface area (Å²) < 4.78 is 0. The lowest BCUT2D eigenvalue weighted by Crippen LogP contribution is -2.43. The molecule has 0 aromatic carbocycles. The summed E-state index contributed by atoms with van der Waals surface area (Å²) in [5.74, 6) is 0.960. The highest BCUT2D eigenvalue weighted by Gasteiger charge is 2.22. The molecular weight excluding hydrogens is 214 g/mol. The van der Waals surface area contributed by atoms with Crippen molar-refractivity contribution in [3.63, 3.8) is 0 Å².